The van der Waals surface area contributed by atoms with Crippen molar-refractivity contribution >= 4 is 174 Å². The highest BCUT2D eigenvalue weighted by molar-refractivity contribution is 9.10. The van der Waals surface area contributed by atoms with Crippen LogP contribution in [0.15, 0.2) is 137 Å². The van der Waals surface area contributed by atoms with E-state index in [4.69, 9.17) is 34.8 Å². The molecule has 84 heavy (non-hydrogen) atoms. The number of benzene rings is 6. The van der Waals surface area contributed by atoms with Crippen LogP contribution in [0.4, 0.5) is 58.4 Å². The molecule has 6 aromatic heterocycles. The van der Waals surface area contributed by atoms with Crippen molar-refractivity contribution in [1.29, 1.82) is 0 Å². The number of nitrogens with one attached hydrogen (secondary N) is 10. The molecule has 12 rings (SSSR count). The van der Waals surface area contributed by atoms with Crippen LogP contribution < -0.4 is 31.9 Å². The molecule has 0 atom stereocenters. The predicted octanol–water partition coefficient (Wildman–Crippen LogP) is 14.0. The Balaban J connectivity index is 0.000000141. The number of anilines is 8. The number of hydrogen-bond acceptors (Lipinski definition) is 15. The van der Waals surface area contributed by atoms with Gasteiger partial charge in [0.05, 0.1) is 90.7 Å². The summed E-state index contributed by atoms with van der Waals surface area (Å²) in [6.07, 6.45) is 7.95. The highest BCUT2D eigenvalue weighted by atomic mass is 79.9. The van der Waals surface area contributed by atoms with E-state index in [1.54, 1.807) is 78.4 Å². The zero-order chi connectivity index (χ0) is 59.0. The number of H-pyrrole nitrogens is 4. The maximum Gasteiger partial charge on any atom is 0.270 e. The van der Waals surface area contributed by atoms with Crippen molar-refractivity contribution in [3.05, 3.63) is 197 Å². The highest BCUT2D eigenvalue weighted by Gasteiger charge is 2.25. The van der Waals surface area contributed by atoms with Gasteiger partial charge in [0.25, 0.3) is 23.7 Å². The quantitative estimate of drug-likeness (QED) is 0.0485. The normalized spacial score (nSPS) is 10.9. The van der Waals surface area contributed by atoms with E-state index >= 15 is 13.2 Å². The smallest absolute Gasteiger partial charge is 0.270 e. The number of pyridine rings is 1. The van der Waals surface area contributed by atoms with Crippen molar-refractivity contribution in [2.45, 2.75) is 13.3 Å². The number of hydrogen-bond donors (Lipinski definition) is 10. The van der Waals surface area contributed by atoms with E-state index in [0.717, 1.165) is 20.2 Å². The maximum atomic E-state index is 15.2. The Bertz CT molecular complexity index is 4200. The lowest BCUT2D eigenvalue weighted by atomic mass is 10.1. The molecular weight excluding hydrogens is 1300 g/mol. The highest BCUT2D eigenvalue weighted by Crippen LogP contribution is 2.37. The summed E-state index contributed by atoms with van der Waals surface area (Å²) in [5, 5.41) is 33.1. The summed E-state index contributed by atoms with van der Waals surface area (Å²) in [5.74, 6) is -3.53. The van der Waals surface area contributed by atoms with Crippen molar-refractivity contribution in [2.24, 2.45) is 0 Å². The van der Waals surface area contributed by atoms with Crippen LogP contribution in [0.2, 0.25) is 15.1 Å². The lowest BCUT2D eigenvalue weighted by molar-refractivity contribution is 0.0953. The molecule has 6 aromatic carbocycles. The van der Waals surface area contributed by atoms with E-state index in [-0.39, 0.29) is 56.3 Å². The number of halogens is 8. The molecule has 6 heterocycles. The Morgan fingerprint density at radius 2 is 1.12 bits per heavy atom. The van der Waals surface area contributed by atoms with Crippen LogP contribution in [-0.4, -0.2) is 84.8 Å². The summed E-state index contributed by atoms with van der Waals surface area (Å²) in [7, 11) is 0. The fraction of sp³-hybridized carbons (Fsp3) is 0.0556. The Labute approximate surface area is 507 Å². The van der Waals surface area contributed by atoms with E-state index in [9.17, 15) is 14.4 Å². The molecule has 0 radical (unpaired) electrons. The molecule has 0 unspecified atom stereocenters. The number of nitrogens with zero attached hydrogens (tertiary/aromatic N) is 8. The minimum absolute atomic E-state index is 0.00744. The average Bonchev–Trinajstić information content (AvgIpc) is 3.28. The lowest BCUT2D eigenvalue weighted by Crippen LogP contribution is -2.27. The van der Waals surface area contributed by atoms with Crippen molar-refractivity contribution in [3.8, 4) is 0 Å². The first-order valence-electron chi connectivity index (χ1n) is 24.5. The first kappa shape index (κ1) is 58.2. The van der Waals surface area contributed by atoms with E-state index in [1.807, 2.05) is 25.1 Å². The van der Waals surface area contributed by atoms with E-state index < -0.39 is 35.2 Å². The predicted molar refractivity (Wildman–Crippen MR) is 325 cm³/mol. The monoisotopic (exact) mass is 1340 g/mol. The summed E-state index contributed by atoms with van der Waals surface area (Å²) >= 11 is 26.4. The van der Waals surface area contributed by atoms with Crippen molar-refractivity contribution < 1.29 is 27.6 Å². The van der Waals surface area contributed by atoms with Gasteiger partial charge in [-0.3, -0.25) is 30.0 Å². The summed E-state index contributed by atoms with van der Waals surface area (Å²) in [6.45, 7) is 2.23. The molecule has 0 spiro atoms. The van der Waals surface area contributed by atoms with Gasteiger partial charge in [0, 0.05) is 56.1 Å². The largest absolute Gasteiger partial charge is 0.352 e. The van der Waals surface area contributed by atoms with E-state index in [1.165, 1.54) is 42.5 Å². The standard InChI is InChI=1S/C22H19ClFN5O.C17H10BrClFN5OS.C15H9BrClFN8O/c1-13-10-14(23)5-6-17(13)29-20-16(11-18-21(19(20)24)28-12-27-18)22(30)26-9-7-15-4-2-3-8-25-15;18-8-1-2-11(10(19)5-8)24-14-9(16(26)25-17-21-3-4-27-17)6-12-15(13(14)20)23-7-22-12;16-6-1-2-9(8(17)3-6)21-12-7(14(27)22-15-23-25-26-24-15)4-10-13(11(12)18)20-5-19-10/h2-6,8,10-12,29H,7,9H2,1H3,(H,26,30)(H,27,28);1-7,24H,(H,22,23)(H,21,25,26);1-5,21H,(H,19,20)(H2,22,23,24,25,26,27). The minimum Gasteiger partial charge on any atom is -0.352 e. The zero-order valence-electron chi connectivity index (χ0n) is 42.8. The van der Waals surface area contributed by atoms with Gasteiger partial charge in [0.2, 0.25) is 0 Å². The van der Waals surface area contributed by atoms with Crippen LogP contribution in [0.3, 0.4) is 0 Å². The number of aryl methyl sites for hydroxylation is 1. The summed E-state index contributed by atoms with van der Waals surface area (Å²) in [5.41, 5.74) is 5.04. The van der Waals surface area contributed by atoms with Crippen LogP contribution in [0.5, 0.6) is 0 Å². The third kappa shape index (κ3) is 13.4. The van der Waals surface area contributed by atoms with E-state index in [2.05, 4.69) is 124 Å². The molecule has 0 aliphatic carbocycles. The maximum absolute atomic E-state index is 15.2. The van der Waals surface area contributed by atoms with Crippen LogP contribution in [0.1, 0.15) is 42.3 Å². The second-order valence-corrected chi connectivity index (χ2v) is 21.6. The molecule has 21 nitrogen and oxygen atoms in total. The molecular formula is C54H38Br2Cl3F3N18O3S. The Morgan fingerprint density at radius 3 is 1.60 bits per heavy atom. The van der Waals surface area contributed by atoms with Gasteiger partial charge in [-0.2, -0.15) is 5.21 Å². The summed E-state index contributed by atoms with van der Waals surface area (Å²) in [4.78, 5) is 67.0. The van der Waals surface area contributed by atoms with Crippen molar-refractivity contribution in [2.75, 3.05) is 33.1 Å². The van der Waals surface area contributed by atoms with Crippen LogP contribution in [0.25, 0.3) is 33.1 Å². The first-order valence-corrected chi connectivity index (χ1v) is 28.1. The fourth-order valence-corrected chi connectivity index (χ4v) is 10.4. The van der Waals surface area contributed by atoms with Gasteiger partial charge < -0.3 is 36.2 Å². The molecule has 0 saturated carbocycles. The molecule has 0 fully saturated rings. The average molecular weight is 1340 g/mol. The molecule has 30 heteroatoms. The number of tetrazole rings is 1. The number of imidazole rings is 3. The number of aromatic nitrogens is 12. The minimum atomic E-state index is -0.703. The van der Waals surface area contributed by atoms with Gasteiger partial charge in [-0.05, 0) is 103 Å². The number of carbonyl (C=O) groups is 3. The van der Waals surface area contributed by atoms with Crippen LogP contribution in [0, 0.1) is 24.4 Å². The fourth-order valence-electron chi connectivity index (χ4n) is 8.16. The zero-order valence-corrected chi connectivity index (χ0v) is 49.0. The molecule has 0 saturated heterocycles. The topological polar surface area (TPSA) is 290 Å². The summed E-state index contributed by atoms with van der Waals surface area (Å²) < 4.78 is 47.0. The molecule has 424 valence electrons. The van der Waals surface area contributed by atoms with Gasteiger partial charge in [-0.15, -0.1) is 16.4 Å². The molecule has 0 aliphatic heterocycles. The number of carbonyl (C=O) groups excluding carboxylic acids is 3. The number of aromatic amines is 4. The third-order valence-electron chi connectivity index (χ3n) is 12.1. The Kier molecular flexibility index (Phi) is 18.1. The second kappa shape index (κ2) is 26.1. The molecule has 10 N–H and O–H groups in total. The van der Waals surface area contributed by atoms with Crippen molar-refractivity contribution in [1.82, 2.24) is 65.8 Å². The first-order chi connectivity index (χ1) is 40.6. The third-order valence-corrected chi connectivity index (χ3v) is 14.7. The molecule has 0 bridgehead atoms. The SMILES string of the molecule is Cc1cc(Cl)ccc1Nc1c(C(=O)NCCc2ccccn2)cc2[nH]cnc2c1F.O=C(Nc1nccs1)c1cc2[nH]cnc2c(F)c1Nc1ccc(Br)cc1Cl.O=C(Nc1nn[nH]n1)c1cc2[nH]cnc2c(F)c1Nc1ccc(Br)cc1Cl. The molecule has 12 aromatic rings. The Morgan fingerprint density at radius 1 is 0.595 bits per heavy atom. The van der Waals surface area contributed by atoms with Gasteiger partial charge in [0.15, 0.2) is 22.6 Å². The number of thiazole rings is 1. The van der Waals surface area contributed by atoms with Gasteiger partial charge in [-0.1, -0.05) is 77.8 Å². The van der Waals surface area contributed by atoms with Gasteiger partial charge >= 0.3 is 0 Å². The van der Waals surface area contributed by atoms with Crippen LogP contribution in [-0.2, 0) is 6.42 Å². The second-order valence-electron chi connectivity index (χ2n) is 17.6. The molecule has 0 aliphatic rings. The molecule has 3 amide bonds. The number of amides is 3. The van der Waals surface area contributed by atoms with Gasteiger partial charge in [-0.25, -0.2) is 33.1 Å². The van der Waals surface area contributed by atoms with E-state index in [0.29, 0.717) is 66.8 Å². The van der Waals surface area contributed by atoms with Crippen molar-refractivity contribution in [3.63, 3.8) is 0 Å². The number of rotatable bonds is 14. The summed E-state index contributed by atoms with van der Waals surface area (Å²) in [6, 6.07) is 25.6. The van der Waals surface area contributed by atoms with Crippen LogP contribution >= 0.6 is 78.0 Å². The number of fused-ring (bicyclic) bond motifs is 3. The lowest BCUT2D eigenvalue weighted by Gasteiger charge is -2.15. The Hall–Kier alpha value is -8.99. The van der Waals surface area contributed by atoms with Gasteiger partial charge in [0.1, 0.15) is 16.6 Å².